The summed E-state index contributed by atoms with van der Waals surface area (Å²) < 4.78 is 56.9. The predicted octanol–water partition coefficient (Wildman–Crippen LogP) is 3.55. The number of amides is 1. The Morgan fingerprint density at radius 3 is 2.48 bits per heavy atom. The van der Waals surface area contributed by atoms with Crippen LogP contribution in [0.15, 0.2) is 46.8 Å². The van der Waals surface area contributed by atoms with Gasteiger partial charge >= 0.3 is 6.18 Å². The van der Waals surface area contributed by atoms with Crippen LogP contribution in [0.2, 0.25) is 0 Å². The standard InChI is InChI=1S/C21H20F3N5O3S/c1-28-25-18-16-12-13(20(31)27-33(2,32)11-3-10-30)4-9-17(16)29(19(18)26-28)15-7-5-14(6-8-15)21(22,23)24/h4-9,12,30H,3,10-11H2,1-2H3/t33-/m0/s1. The number of aromatic nitrogens is 4. The molecule has 1 N–H and O–H groups in total. The molecule has 174 valence electrons. The van der Waals surface area contributed by atoms with Crippen molar-refractivity contribution in [3.8, 4) is 5.69 Å². The summed E-state index contributed by atoms with van der Waals surface area (Å²) >= 11 is 0. The second-order valence-corrected chi connectivity index (χ2v) is 10.1. The molecule has 0 unspecified atom stereocenters. The van der Waals surface area contributed by atoms with E-state index >= 15 is 0 Å². The minimum atomic E-state index is -4.45. The highest BCUT2D eigenvalue weighted by molar-refractivity contribution is 7.93. The molecule has 0 radical (unpaired) electrons. The number of aliphatic hydroxyl groups excluding tert-OH is 1. The van der Waals surface area contributed by atoms with Gasteiger partial charge < -0.3 is 5.11 Å². The third-order valence-electron chi connectivity index (χ3n) is 5.06. The molecule has 0 saturated heterocycles. The van der Waals surface area contributed by atoms with Gasteiger partial charge in [0, 0.05) is 42.3 Å². The fourth-order valence-corrected chi connectivity index (χ4v) is 4.77. The zero-order valence-corrected chi connectivity index (χ0v) is 18.5. The molecular formula is C21H20F3N5O3S. The second kappa shape index (κ2) is 8.27. The van der Waals surface area contributed by atoms with Crippen LogP contribution in [0.25, 0.3) is 27.8 Å². The predicted molar refractivity (Wildman–Crippen MR) is 118 cm³/mol. The van der Waals surface area contributed by atoms with Crippen LogP contribution in [0, 0.1) is 0 Å². The molecule has 0 aliphatic rings. The van der Waals surface area contributed by atoms with E-state index in [1.165, 1.54) is 29.3 Å². The number of halogens is 3. The van der Waals surface area contributed by atoms with Gasteiger partial charge in [-0.05, 0) is 48.9 Å². The number of hydrogen-bond acceptors (Lipinski definition) is 5. The average Bonchev–Trinajstić information content (AvgIpc) is 3.25. The Kier molecular flexibility index (Phi) is 5.74. The van der Waals surface area contributed by atoms with Gasteiger partial charge in [-0.2, -0.15) is 27.4 Å². The molecule has 0 saturated carbocycles. The van der Waals surface area contributed by atoms with Crippen LogP contribution < -0.4 is 0 Å². The summed E-state index contributed by atoms with van der Waals surface area (Å²) in [5.74, 6) is -0.572. The first-order chi connectivity index (χ1) is 15.5. The van der Waals surface area contributed by atoms with E-state index in [-0.39, 0.29) is 24.3 Å². The Morgan fingerprint density at radius 1 is 1.15 bits per heavy atom. The number of hydrogen-bond donors (Lipinski definition) is 1. The first kappa shape index (κ1) is 22.9. The third kappa shape index (κ3) is 4.48. The summed E-state index contributed by atoms with van der Waals surface area (Å²) in [6.07, 6.45) is -2.82. The Hall–Kier alpha value is -3.25. The lowest BCUT2D eigenvalue weighted by Gasteiger charge is -2.10. The fraction of sp³-hybridized carbons (Fsp3) is 0.286. The molecule has 0 aliphatic heterocycles. The summed E-state index contributed by atoms with van der Waals surface area (Å²) in [4.78, 5) is 14.0. The lowest BCUT2D eigenvalue weighted by molar-refractivity contribution is -0.137. The zero-order chi connectivity index (χ0) is 24.0. The van der Waals surface area contributed by atoms with Crippen molar-refractivity contribution in [1.29, 1.82) is 0 Å². The van der Waals surface area contributed by atoms with Crippen molar-refractivity contribution < 1.29 is 27.3 Å². The molecule has 2 aromatic heterocycles. The van der Waals surface area contributed by atoms with E-state index in [1.807, 2.05) is 0 Å². The summed E-state index contributed by atoms with van der Waals surface area (Å²) in [5, 5.41) is 18.2. The van der Waals surface area contributed by atoms with Crippen molar-refractivity contribution in [2.75, 3.05) is 18.6 Å². The molecule has 4 aromatic rings. The molecule has 0 spiro atoms. The van der Waals surface area contributed by atoms with Gasteiger partial charge in [0.25, 0.3) is 5.91 Å². The highest BCUT2D eigenvalue weighted by Crippen LogP contribution is 2.33. The average molecular weight is 479 g/mol. The smallest absolute Gasteiger partial charge is 0.396 e. The van der Waals surface area contributed by atoms with Crippen molar-refractivity contribution in [2.24, 2.45) is 11.4 Å². The molecule has 8 nitrogen and oxygen atoms in total. The molecule has 0 bridgehead atoms. The van der Waals surface area contributed by atoms with Gasteiger partial charge in [0.15, 0.2) is 5.65 Å². The van der Waals surface area contributed by atoms with Crippen LogP contribution in [0.5, 0.6) is 0 Å². The SMILES string of the molecule is Cn1nc2c3cc(C(=O)N=[S@@](C)(=O)CCCO)ccc3n(-c3ccc(C(F)(F)F)cc3)c2n1. The fourth-order valence-electron chi connectivity index (χ4n) is 3.56. The zero-order valence-electron chi connectivity index (χ0n) is 17.7. The first-order valence-electron chi connectivity index (χ1n) is 9.88. The van der Waals surface area contributed by atoms with Gasteiger partial charge in [0.05, 0.1) is 20.8 Å². The lowest BCUT2D eigenvalue weighted by atomic mass is 10.1. The van der Waals surface area contributed by atoms with Crippen LogP contribution in [0.3, 0.4) is 0 Å². The highest BCUT2D eigenvalue weighted by atomic mass is 32.2. The quantitative estimate of drug-likeness (QED) is 0.472. The number of rotatable bonds is 5. The van der Waals surface area contributed by atoms with Crippen LogP contribution in [0.4, 0.5) is 13.2 Å². The number of fused-ring (bicyclic) bond motifs is 3. The topological polar surface area (TPSA) is 102 Å². The van der Waals surface area contributed by atoms with Crippen molar-refractivity contribution in [3.05, 3.63) is 53.6 Å². The van der Waals surface area contributed by atoms with Gasteiger partial charge in [-0.25, -0.2) is 4.21 Å². The van der Waals surface area contributed by atoms with Crippen LogP contribution in [-0.4, -0.2) is 53.4 Å². The van der Waals surface area contributed by atoms with Crippen LogP contribution >= 0.6 is 0 Å². The number of aliphatic hydroxyl groups is 1. The minimum Gasteiger partial charge on any atom is -0.396 e. The molecule has 33 heavy (non-hydrogen) atoms. The molecule has 2 aromatic carbocycles. The van der Waals surface area contributed by atoms with Gasteiger partial charge in [-0.3, -0.25) is 9.36 Å². The monoisotopic (exact) mass is 479 g/mol. The Morgan fingerprint density at radius 2 is 1.85 bits per heavy atom. The summed E-state index contributed by atoms with van der Waals surface area (Å²) in [6.45, 7) is -0.150. The number of benzene rings is 2. The summed E-state index contributed by atoms with van der Waals surface area (Å²) in [7, 11) is -1.19. The second-order valence-electron chi connectivity index (χ2n) is 7.61. The largest absolute Gasteiger partial charge is 0.416 e. The van der Waals surface area contributed by atoms with Gasteiger partial charge in [0.1, 0.15) is 5.52 Å². The lowest BCUT2D eigenvalue weighted by Crippen LogP contribution is -2.08. The van der Waals surface area contributed by atoms with Crippen molar-refractivity contribution in [3.63, 3.8) is 0 Å². The van der Waals surface area contributed by atoms with Crippen molar-refractivity contribution >= 4 is 37.7 Å². The van der Waals surface area contributed by atoms with E-state index in [1.54, 1.807) is 23.7 Å². The third-order valence-corrected chi connectivity index (χ3v) is 6.66. The molecule has 1 amide bonds. The summed E-state index contributed by atoms with van der Waals surface area (Å²) in [6, 6.07) is 9.37. The Labute approximate surface area is 186 Å². The molecule has 2 heterocycles. The van der Waals surface area contributed by atoms with E-state index in [9.17, 15) is 22.2 Å². The van der Waals surface area contributed by atoms with E-state index in [0.717, 1.165) is 12.1 Å². The number of carbonyl (C=O) groups excluding carboxylic acids is 1. The van der Waals surface area contributed by atoms with E-state index in [2.05, 4.69) is 14.6 Å². The highest BCUT2D eigenvalue weighted by Gasteiger charge is 2.30. The van der Waals surface area contributed by atoms with E-state index in [4.69, 9.17) is 5.11 Å². The Bertz CT molecular complexity index is 1480. The number of carbonyl (C=O) groups is 1. The molecule has 4 rings (SSSR count). The maximum atomic E-state index is 13.0. The van der Waals surface area contributed by atoms with Gasteiger partial charge in [-0.15, -0.1) is 5.10 Å². The van der Waals surface area contributed by atoms with Gasteiger partial charge in [0.2, 0.25) is 0 Å². The number of aryl methyl sites for hydroxylation is 1. The molecule has 0 fully saturated rings. The number of alkyl halides is 3. The normalized spacial score (nSPS) is 14.0. The maximum Gasteiger partial charge on any atom is 0.416 e. The van der Waals surface area contributed by atoms with Crippen LogP contribution in [-0.2, 0) is 23.0 Å². The number of nitrogens with zero attached hydrogens (tertiary/aromatic N) is 5. The molecule has 1 atom stereocenters. The first-order valence-corrected chi connectivity index (χ1v) is 12.0. The van der Waals surface area contributed by atoms with Crippen molar-refractivity contribution in [2.45, 2.75) is 12.6 Å². The van der Waals surface area contributed by atoms with E-state index in [0.29, 0.717) is 27.8 Å². The van der Waals surface area contributed by atoms with Gasteiger partial charge in [-0.1, -0.05) is 0 Å². The molecule has 12 heteroatoms. The van der Waals surface area contributed by atoms with E-state index < -0.39 is 27.4 Å². The summed E-state index contributed by atoms with van der Waals surface area (Å²) in [5.41, 5.74) is 1.34. The minimum absolute atomic E-state index is 0.0934. The van der Waals surface area contributed by atoms with Crippen molar-refractivity contribution in [1.82, 2.24) is 19.6 Å². The van der Waals surface area contributed by atoms with Crippen LogP contribution in [0.1, 0.15) is 22.3 Å². The maximum absolute atomic E-state index is 13.0. The molecule has 0 aliphatic carbocycles. The molecular weight excluding hydrogens is 459 g/mol. The Balaban J connectivity index is 1.84.